The highest BCUT2D eigenvalue weighted by molar-refractivity contribution is 5.94. The Hall–Kier alpha value is -1.58. The summed E-state index contributed by atoms with van der Waals surface area (Å²) in [4.78, 5) is 15.3. The van der Waals surface area contributed by atoms with Crippen LogP contribution in [0.3, 0.4) is 0 Å². The van der Waals surface area contributed by atoms with Crippen molar-refractivity contribution in [1.29, 1.82) is 0 Å². The number of carboxylic acids is 1. The lowest BCUT2D eigenvalue weighted by Crippen LogP contribution is -2.25. The molecular formula is C13H20N2O2. The average Bonchev–Trinajstić information content (AvgIpc) is 2.27. The lowest BCUT2D eigenvalue weighted by Gasteiger charge is -2.21. The number of aromatic carboxylic acids is 1. The zero-order valence-corrected chi connectivity index (χ0v) is 10.8. The molecule has 4 heteroatoms. The molecule has 0 bridgehead atoms. The van der Waals surface area contributed by atoms with Crippen LogP contribution in [0.4, 0.5) is 5.82 Å². The van der Waals surface area contributed by atoms with Gasteiger partial charge in [0.05, 0.1) is 0 Å². The molecule has 94 valence electrons. The number of pyridine rings is 1. The number of anilines is 1. The second kappa shape index (κ2) is 5.66. The van der Waals surface area contributed by atoms with Crippen molar-refractivity contribution in [2.45, 2.75) is 40.2 Å². The monoisotopic (exact) mass is 236 g/mol. The van der Waals surface area contributed by atoms with E-state index in [1.165, 1.54) is 0 Å². The highest BCUT2D eigenvalue weighted by Crippen LogP contribution is 2.19. The molecule has 2 N–H and O–H groups in total. The van der Waals surface area contributed by atoms with Crippen molar-refractivity contribution in [3.05, 3.63) is 23.4 Å². The summed E-state index contributed by atoms with van der Waals surface area (Å²) in [7, 11) is 0. The van der Waals surface area contributed by atoms with E-state index in [4.69, 9.17) is 0 Å². The van der Waals surface area contributed by atoms with Gasteiger partial charge in [-0.25, -0.2) is 9.78 Å². The molecule has 0 amide bonds. The maximum Gasteiger partial charge on any atom is 0.339 e. The predicted molar refractivity (Wildman–Crippen MR) is 68.5 cm³/mol. The van der Waals surface area contributed by atoms with E-state index in [1.54, 1.807) is 19.2 Å². The smallest absolute Gasteiger partial charge is 0.339 e. The van der Waals surface area contributed by atoms with E-state index in [-0.39, 0.29) is 11.6 Å². The number of aromatic nitrogens is 1. The Labute approximate surface area is 102 Å². The molecule has 1 aromatic heterocycles. The van der Waals surface area contributed by atoms with Gasteiger partial charge in [-0.1, -0.05) is 20.3 Å². The molecule has 0 saturated heterocycles. The standard InChI is InChI=1S/C13H20N2O2/c1-5-8(2)10(4)15-12-11(13(16)17)9(3)6-7-14-12/h6-8,10H,5H2,1-4H3,(H,14,15)(H,16,17). The SMILES string of the molecule is CCC(C)C(C)Nc1nccc(C)c1C(=O)O. The van der Waals surface area contributed by atoms with E-state index < -0.39 is 5.97 Å². The molecule has 1 rings (SSSR count). The quantitative estimate of drug-likeness (QED) is 0.825. The van der Waals surface area contributed by atoms with Crippen molar-refractivity contribution in [3.8, 4) is 0 Å². The molecule has 2 unspecified atom stereocenters. The van der Waals surface area contributed by atoms with Gasteiger partial charge in [0.15, 0.2) is 0 Å². The van der Waals surface area contributed by atoms with Gasteiger partial charge in [0.1, 0.15) is 11.4 Å². The Balaban J connectivity index is 2.98. The minimum absolute atomic E-state index is 0.201. The minimum Gasteiger partial charge on any atom is -0.478 e. The fourth-order valence-electron chi connectivity index (χ4n) is 1.65. The molecule has 0 spiro atoms. The van der Waals surface area contributed by atoms with E-state index in [1.807, 2.05) is 6.92 Å². The molecule has 0 aromatic carbocycles. The van der Waals surface area contributed by atoms with E-state index >= 15 is 0 Å². The van der Waals surface area contributed by atoms with Gasteiger partial charge in [-0.15, -0.1) is 0 Å². The van der Waals surface area contributed by atoms with Crippen LogP contribution in [-0.4, -0.2) is 22.1 Å². The van der Waals surface area contributed by atoms with Gasteiger partial charge < -0.3 is 10.4 Å². The highest BCUT2D eigenvalue weighted by atomic mass is 16.4. The fourth-order valence-corrected chi connectivity index (χ4v) is 1.65. The van der Waals surface area contributed by atoms with Crippen LogP contribution in [0.25, 0.3) is 0 Å². The van der Waals surface area contributed by atoms with Gasteiger partial charge in [0.2, 0.25) is 0 Å². The zero-order valence-electron chi connectivity index (χ0n) is 10.8. The second-order valence-corrected chi connectivity index (χ2v) is 4.48. The van der Waals surface area contributed by atoms with Crippen LogP contribution in [0.5, 0.6) is 0 Å². The molecule has 0 aliphatic carbocycles. The molecule has 4 nitrogen and oxygen atoms in total. The van der Waals surface area contributed by atoms with Crippen molar-refractivity contribution in [2.24, 2.45) is 5.92 Å². The molecule has 0 aliphatic heterocycles. The largest absolute Gasteiger partial charge is 0.478 e. The third kappa shape index (κ3) is 3.19. The maximum atomic E-state index is 11.2. The van der Waals surface area contributed by atoms with Crippen molar-refractivity contribution < 1.29 is 9.90 Å². The summed E-state index contributed by atoms with van der Waals surface area (Å²) in [5.74, 6) is -0.00120. The van der Waals surface area contributed by atoms with Crippen LogP contribution in [-0.2, 0) is 0 Å². The van der Waals surface area contributed by atoms with Crippen molar-refractivity contribution in [3.63, 3.8) is 0 Å². The molecular weight excluding hydrogens is 216 g/mol. The number of carboxylic acid groups (broad SMARTS) is 1. The van der Waals surface area contributed by atoms with E-state index in [0.29, 0.717) is 11.7 Å². The van der Waals surface area contributed by atoms with Gasteiger partial charge in [0.25, 0.3) is 0 Å². The molecule has 2 atom stereocenters. The molecule has 17 heavy (non-hydrogen) atoms. The van der Waals surface area contributed by atoms with Gasteiger partial charge in [-0.05, 0) is 31.4 Å². The van der Waals surface area contributed by atoms with Crippen LogP contribution in [0, 0.1) is 12.8 Å². The second-order valence-electron chi connectivity index (χ2n) is 4.48. The number of carbonyl (C=O) groups is 1. The third-order valence-corrected chi connectivity index (χ3v) is 3.24. The normalized spacial score (nSPS) is 14.1. The van der Waals surface area contributed by atoms with Gasteiger partial charge in [-0.3, -0.25) is 0 Å². The minimum atomic E-state index is -0.936. The summed E-state index contributed by atoms with van der Waals surface area (Å²) in [6.45, 7) is 8.08. The zero-order chi connectivity index (χ0) is 13.0. The lowest BCUT2D eigenvalue weighted by molar-refractivity contribution is 0.0696. The molecule has 1 aromatic rings. The summed E-state index contributed by atoms with van der Waals surface area (Å²) in [6, 6.07) is 1.91. The summed E-state index contributed by atoms with van der Waals surface area (Å²) in [5, 5.41) is 12.4. The summed E-state index contributed by atoms with van der Waals surface area (Å²) in [5.41, 5.74) is 0.994. The summed E-state index contributed by atoms with van der Waals surface area (Å²) < 4.78 is 0. The first kappa shape index (κ1) is 13.5. The fraction of sp³-hybridized carbons (Fsp3) is 0.538. The average molecular weight is 236 g/mol. The van der Waals surface area contributed by atoms with Gasteiger partial charge in [-0.2, -0.15) is 0 Å². The number of hydrogen-bond donors (Lipinski definition) is 2. The van der Waals surface area contributed by atoms with Crippen LogP contribution in [0.1, 0.15) is 43.1 Å². The maximum absolute atomic E-state index is 11.2. The van der Waals surface area contributed by atoms with Crippen molar-refractivity contribution in [2.75, 3.05) is 5.32 Å². The Kier molecular flexibility index (Phi) is 4.49. The van der Waals surface area contributed by atoms with E-state index in [0.717, 1.165) is 12.0 Å². The third-order valence-electron chi connectivity index (χ3n) is 3.24. The number of hydrogen-bond acceptors (Lipinski definition) is 3. The van der Waals surface area contributed by atoms with E-state index in [2.05, 4.69) is 24.1 Å². The topological polar surface area (TPSA) is 62.2 Å². The van der Waals surface area contributed by atoms with Crippen molar-refractivity contribution in [1.82, 2.24) is 4.98 Å². The molecule has 0 radical (unpaired) electrons. The number of nitrogens with zero attached hydrogens (tertiary/aromatic N) is 1. The Morgan fingerprint density at radius 3 is 2.71 bits per heavy atom. The number of aryl methyl sites for hydroxylation is 1. The first-order valence-electron chi connectivity index (χ1n) is 5.92. The molecule has 0 aliphatic rings. The lowest BCUT2D eigenvalue weighted by atomic mass is 10.0. The molecule has 0 saturated carbocycles. The number of nitrogens with one attached hydrogen (secondary N) is 1. The number of rotatable bonds is 5. The molecule has 1 heterocycles. The summed E-state index contributed by atoms with van der Waals surface area (Å²) >= 11 is 0. The van der Waals surface area contributed by atoms with Crippen LogP contribution in [0.2, 0.25) is 0 Å². The van der Waals surface area contributed by atoms with Crippen molar-refractivity contribution >= 4 is 11.8 Å². The Morgan fingerprint density at radius 1 is 1.53 bits per heavy atom. The first-order chi connectivity index (χ1) is 7.97. The Morgan fingerprint density at radius 2 is 2.18 bits per heavy atom. The highest BCUT2D eigenvalue weighted by Gasteiger charge is 2.17. The van der Waals surface area contributed by atoms with Crippen LogP contribution in [0.15, 0.2) is 12.3 Å². The predicted octanol–water partition coefficient (Wildman–Crippen LogP) is 2.93. The first-order valence-corrected chi connectivity index (χ1v) is 5.92. The summed E-state index contributed by atoms with van der Waals surface area (Å²) in [6.07, 6.45) is 2.68. The Bertz CT molecular complexity index is 404. The van der Waals surface area contributed by atoms with Crippen LogP contribution >= 0.6 is 0 Å². The van der Waals surface area contributed by atoms with E-state index in [9.17, 15) is 9.90 Å². The van der Waals surface area contributed by atoms with Crippen LogP contribution < -0.4 is 5.32 Å². The van der Waals surface area contributed by atoms with Gasteiger partial charge in [0, 0.05) is 12.2 Å². The van der Waals surface area contributed by atoms with Gasteiger partial charge >= 0.3 is 5.97 Å². The molecule has 0 fully saturated rings.